The van der Waals surface area contributed by atoms with Crippen molar-refractivity contribution in [3.8, 4) is 11.4 Å². The fourth-order valence-corrected chi connectivity index (χ4v) is 1.53. The van der Waals surface area contributed by atoms with Gasteiger partial charge in [-0.05, 0) is 12.1 Å². The average Bonchev–Trinajstić information content (AvgIpc) is 2.60. The Balaban J connectivity index is 2.59. The van der Waals surface area contributed by atoms with Crippen LogP contribution >= 0.6 is 23.2 Å². The van der Waals surface area contributed by atoms with Gasteiger partial charge < -0.3 is 0 Å². The van der Waals surface area contributed by atoms with Gasteiger partial charge in [0.05, 0.1) is 10.0 Å². The van der Waals surface area contributed by atoms with E-state index < -0.39 is 11.6 Å². The highest BCUT2D eigenvalue weighted by molar-refractivity contribution is 6.35. The molecule has 0 aliphatic rings. The van der Waals surface area contributed by atoms with Crippen LogP contribution in [-0.4, -0.2) is 10.1 Å². The van der Waals surface area contributed by atoms with Crippen LogP contribution in [0.1, 0.15) is 0 Å². The normalized spacial score (nSPS) is 10.6. The van der Waals surface area contributed by atoms with E-state index in [-0.39, 0.29) is 15.9 Å². The summed E-state index contributed by atoms with van der Waals surface area (Å²) in [5.74, 6) is -1.28. The standard InChI is InChI=1S/C8H3Cl2FN2O2/c9-4-1-3(2-5(10)6(4)11)7-12-8(14)15-13-7/h1-2H,(H,12,13,14). The van der Waals surface area contributed by atoms with Crippen molar-refractivity contribution in [1.82, 2.24) is 10.1 Å². The first-order valence-electron chi connectivity index (χ1n) is 3.79. The third-order valence-corrected chi connectivity index (χ3v) is 2.25. The van der Waals surface area contributed by atoms with E-state index in [9.17, 15) is 9.18 Å². The Morgan fingerprint density at radius 3 is 2.40 bits per heavy atom. The van der Waals surface area contributed by atoms with Crippen molar-refractivity contribution in [3.05, 3.63) is 38.5 Å². The molecule has 2 aromatic rings. The van der Waals surface area contributed by atoms with E-state index in [2.05, 4.69) is 14.7 Å². The third-order valence-electron chi connectivity index (χ3n) is 1.70. The van der Waals surface area contributed by atoms with Crippen molar-refractivity contribution in [2.45, 2.75) is 0 Å². The predicted octanol–water partition coefficient (Wildman–Crippen LogP) is 2.48. The van der Waals surface area contributed by atoms with Gasteiger partial charge >= 0.3 is 5.76 Å². The highest BCUT2D eigenvalue weighted by atomic mass is 35.5. The largest absolute Gasteiger partial charge is 0.439 e. The number of halogens is 3. The molecule has 1 N–H and O–H groups in total. The van der Waals surface area contributed by atoms with Crippen LogP contribution in [0.2, 0.25) is 10.0 Å². The van der Waals surface area contributed by atoms with Gasteiger partial charge in [0.2, 0.25) is 0 Å². The second-order valence-corrected chi connectivity index (χ2v) is 3.51. The molecule has 7 heteroatoms. The summed E-state index contributed by atoms with van der Waals surface area (Å²) < 4.78 is 17.3. The average molecular weight is 249 g/mol. The van der Waals surface area contributed by atoms with Crippen LogP contribution in [0, 0.1) is 5.82 Å². The first-order chi connectivity index (χ1) is 7.08. The Bertz CT molecular complexity index is 541. The van der Waals surface area contributed by atoms with Crippen LogP contribution < -0.4 is 5.76 Å². The van der Waals surface area contributed by atoms with Gasteiger partial charge in [-0.3, -0.25) is 9.51 Å². The van der Waals surface area contributed by atoms with Crippen molar-refractivity contribution in [2.24, 2.45) is 0 Å². The van der Waals surface area contributed by atoms with Gasteiger partial charge in [-0.1, -0.05) is 28.4 Å². The van der Waals surface area contributed by atoms with E-state index in [0.29, 0.717) is 5.56 Å². The Morgan fingerprint density at radius 2 is 1.93 bits per heavy atom. The fraction of sp³-hybridized carbons (Fsp3) is 0. The Kier molecular flexibility index (Phi) is 2.50. The second-order valence-electron chi connectivity index (χ2n) is 2.70. The van der Waals surface area contributed by atoms with Gasteiger partial charge in [-0.25, -0.2) is 9.18 Å². The summed E-state index contributed by atoms with van der Waals surface area (Å²) >= 11 is 11.1. The highest BCUT2D eigenvalue weighted by Gasteiger charge is 2.11. The molecule has 15 heavy (non-hydrogen) atoms. The Morgan fingerprint density at radius 1 is 1.33 bits per heavy atom. The van der Waals surface area contributed by atoms with Crippen molar-refractivity contribution in [1.29, 1.82) is 0 Å². The smallest absolute Gasteiger partial charge is 0.296 e. The van der Waals surface area contributed by atoms with Gasteiger partial charge in [0, 0.05) is 5.56 Å². The van der Waals surface area contributed by atoms with Crippen molar-refractivity contribution >= 4 is 23.2 Å². The summed E-state index contributed by atoms with van der Waals surface area (Å²) in [4.78, 5) is 13.0. The molecule has 0 amide bonds. The van der Waals surface area contributed by atoms with Crippen LogP contribution in [0.15, 0.2) is 21.5 Å². The zero-order chi connectivity index (χ0) is 11.0. The number of rotatable bonds is 1. The fourth-order valence-electron chi connectivity index (χ4n) is 1.05. The first kappa shape index (κ1) is 10.2. The van der Waals surface area contributed by atoms with E-state index in [1.165, 1.54) is 12.1 Å². The van der Waals surface area contributed by atoms with Crippen molar-refractivity contribution in [3.63, 3.8) is 0 Å². The lowest BCUT2D eigenvalue weighted by Gasteiger charge is -2.00. The second kappa shape index (κ2) is 3.67. The maximum atomic E-state index is 13.1. The van der Waals surface area contributed by atoms with Crippen LogP contribution in [0.4, 0.5) is 4.39 Å². The minimum Gasteiger partial charge on any atom is -0.296 e. The topological polar surface area (TPSA) is 58.9 Å². The molecule has 2 rings (SSSR count). The number of aromatic nitrogens is 2. The van der Waals surface area contributed by atoms with Crippen LogP contribution in [0.25, 0.3) is 11.4 Å². The SMILES string of the molecule is O=c1[nH]c(-c2cc(Cl)c(F)c(Cl)c2)no1. The van der Waals surface area contributed by atoms with Gasteiger partial charge in [-0.2, -0.15) is 0 Å². The third kappa shape index (κ3) is 1.88. The van der Waals surface area contributed by atoms with Gasteiger partial charge in [-0.15, -0.1) is 0 Å². The summed E-state index contributed by atoms with van der Waals surface area (Å²) in [6, 6.07) is 2.58. The lowest BCUT2D eigenvalue weighted by molar-refractivity contribution is 0.388. The van der Waals surface area contributed by atoms with E-state index in [0.717, 1.165) is 0 Å². The molecule has 0 aliphatic carbocycles. The van der Waals surface area contributed by atoms with E-state index in [1.807, 2.05) is 0 Å². The molecule has 78 valence electrons. The predicted molar refractivity (Wildman–Crippen MR) is 52.5 cm³/mol. The summed E-state index contributed by atoms with van der Waals surface area (Å²) in [7, 11) is 0. The minimum atomic E-state index is -0.715. The number of nitrogens with one attached hydrogen (secondary N) is 1. The summed E-state index contributed by atoms with van der Waals surface area (Å²) in [6.07, 6.45) is 0. The highest BCUT2D eigenvalue weighted by Crippen LogP contribution is 2.28. The molecule has 0 unspecified atom stereocenters. The number of hydrogen-bond donors (Lipinski definition) is 1. The molecule has 1 aromatic carbocycles. The van der Waals surface area contributed by atoms with Crippen molar-refractivity contribution in [2.75, 3.05) is 0 Å². The molecule has 0 fully saturated rings. The zero-order valence-corrected chi connectivity index (χ0v) is 8.56. The molecule has 0 saturated carbocycles. The molecule has 0 saturated heterocycles. The van der Waals surface area contributed by atoms with E-state index in [4.69, 9.17) is 23.2 Å². The van der Waals surface area contributed by atoms with Crippen LogP contribution in [0.3, 0.4) is 0 Å². The Labute approximate surface area is 92.6 Å². The van der Waals surface area contributed by atoms with Crippen LogP contribution in [-0.2, 0) is 0 Å². The number of aromatic amines is 1. The number of benzene rings is 1. The molecule has 0 spiro atoms. The lowest BCUT2D eigenvalue weighted by atomic mass is 10.2. The summed E-state index contributed by atoms with van der Waals surface area (Å²) in [5.41, 5.74) is 0.372. The maximum Gasteiger partial charge on any atom is 0.439 e. The zero-order valence-electron chi connectivity index (χ0n) is 7.05. The maximum absolute atomic E-state index is 13.1. The first-order valence-corrected chi connectivity index (χ1v) is 4.54. The molecule has 1 aromatic heterocycles. The van der Waals surface area contributed by atoms with Crippen molar-refractivity contribution < 1.29 is 8.91 Å². The van der Waals surface area contributed by atoms with Gasteiger partial charge in [0.15, 0.2) is 11.6 Å². The minimum absolute atomic E-state index is 0.142. The number of hydrogen-bond acceptors (Lipinski definition) is 3. The van der Waals surface area contributed by atoms with Gasteiger partial charge in [0.1, 0.15) is 0 Å². The van der Waals surface area contributed by atoms with E-state index >= 15 is 0 Å². The Hall–Kier alpha value is -1.33. The molecule has 0 bridgehead atoms. The summed E-state index contributed by atoms with van der Waals surface area (Å²) in [6.45, 7) is 0. The lowest BCUT2D eigenvalue weighted by Crippen LogP contribution is -1.95. The molecule has 0 atom stereocenters. The van der Waals surface area contributed by atoms with Crippen LogP contribution in [0.5, 0.6) is 0 Å². The number of nitrogens with zero attached hydrogens (tertiary/aromatic N) is 1. The number of H-pyrrole nitrogens is 1. The molecular weight excluding hydrogens is 246 g/mol. The van der Waals surface area contributed by atoms with E-state index in [1.54, 1.807) is 0 Å². The quantitative estimate of drug-likeness (QED) is 0.789. The molecule has 4 nitrogen and oxygen atoms in total. The summed E-state index contributed by atoms with van der Waals surface area (Å²) in [5, 5.41) is 3.11. The molecule has 0 radical (unpaired) electrons. The van der Waals surface area contributed by atoms with Gasteiger partial charge in [0.25, 0.3) is 0 Å². The molecule has 0 aliphatic heterocycles. The monoisotopic (exact) mass is 248 g/mol. The molecular formula is C8H3Cl2FN2O2. The molecule has 1 heterocycles.